The Balaban J connectivity index is 1.29. The van der Waals surface area contributed by atoms with E-state index in [9.17, 15) is 9.59 Å². The molecule has 1 spiro atoms. The fourth-order valence-corrected chi connectivity index (χ4v) is 4.11. The molecule has 1 aromatic rings. The van der Waals surface area contributed by atoms with E-state index in [1.54, 1.807) is 12.3 Å². The number of anilines is 1. The van der Waals surface area contributed by atoms with Crippen LogP contribution in [0.1, 0.15) is 42.5 Å². The third kappa shape index (κ3) is 2.53. The molecule has 1 aromatic heterocycles. The van der Waals surface area contributed by atoms with Gasteiger partial charge in [-0.1, -0.05) is 0 Å². The Kier molecular flexibility index (Phi) is 3.20. The molecule has 7 heteroatoms. The fourth-order valence-electron chi connectivity index (χ4n) is 4.11. The lowest BCUT2D eigenvalue weighted by molar-refractivity contribution is -0.129. The molecular weight excluding hydrogens is 320 g/mol. The van der Waals surface area contributed by atoms with Crippen molar-refractivity contribution in [3.8, 4) is 5.75 Å². The first-order chi connectivity index (χ1) is 12.1. The Hall–Kier alpha value is -2.31. The summed E-state index contributed by atoms with van der Waals surface area (Å²) in [5.41, 5.74) is 0.636. The van der Waals surface area contributed by atoms with E-state index in [0.29, 0.717) is 37.4 Å². The van der Waals surface area contributed by atoms with Gasteiger partial charge in [0.25, 0.3) is 5.91 Å². The van der Waals surface area contributed by atoms with Gasteiger partial charge in [0.05, 0.1) is 17.1 Å². The van der Waals surface area contributed by atoms with Crippen LogP contribution in [0.5, 0.6) is 5.75 Å². The van der Waals surface area contributed by atoms with Crippen molar-refractivity contribution in [1.82, 2.24) is 14.8 Å². The molecule has 7 nitrogen and oxygen atoms in total. The van der Waals surface area contributed by atoms with Gasteiger partial charge in [0.15, 0.2) is 11.6 Å². The van der Waals surface area contributed by atoms with Crippen LogP contribution in [0.3, 0.4) is 0 Å². The average Bonchev–Trinajstić information content (AvgIpc) is 3.02. The van der Waals surface area contributed by atoms with Crippen molar-refractivity contribution in [2.45, 2.75) is 43.7 Å². The summed E-state index contributed by atoms with van der Waals surface area (Å²) in [5.74, 6) is 1.60. The zero-order valence-corrected chi connectivity index (χ0v) is 14.2. The molecule has 1 atom stereocenters. The quantitative estimate of drug-likeness (QED) is 0.876. The van der Waals surface area contributed by atoms with E-state index >= 15 is 0 Å². The van der Waals surface area contributed by atoms with Gasteiger partial charge < -0.3 is 19.9 Å². The van der Waals surface area contributed by atoms with E-state index in [1.165, 1.54) is 0 Å². The molecular formula is C18H22N4O3. The van der Waals surface area contributed by atoms with E-state index in [1.807, 2.05) is 9.80 Å². The molecule has 0 aromatic carbocycles. The van der Waals surface area contributed by atoms with Gasteiger partial charge >= 0.3 is 0 Å². The molecule has 132 valence electrons. The monoisotopic (exact) mass is 342 g/mol. The number of aromatic nitrogens is 1. The number of carbonyl (C=O) groups is 2. The summed E-state index contributed by atoms with van der Waals surface area (Å²) in [7, 11) is 0. The second-order valence-electron chi connectivity index (χ2n) is 7.65. The molecule has 4 heterocycles. The number of nitrogens with one attached hydrogen (secondary N) is 1. The summed E-state index contributed by atoms with van der Waals surface area (Å²) in [5, 5.41) is 3.43. The fraction of sp³-hybridized carbons (Fsp3) is 0.611. The van der Waals surface area contributed by atoms with E-state index in [2.05, 4.69) is 10.3 Å². The Morgan fingerprint density at radius 1 is 1.36 bits per heavy atom. The number of hydrogen-bond donors (Lipinski definition) is 1. The van der Waals surface area contributed by atoms with Crippen LogP contribution in [0, 0.1) is 0 Å². The third-order valence-electron chi connectivity index (χ3n) is 5.84. The van der Waals surface area contributed by atoms with Crippen molar-refractivity contribution < 1.29 is 14.3 Å². The SMILES string of the molecule is O=C(c1cnc2c(c1)OCC1(CC1)N2)N1CC[C@H](N2CCCC2=O)C1. The van der Waals surface area contributed by atoms with Crippen LogP contribution in [-0.2, 0) is 4.79 Å². The van der Waals surface area contributed by atoms with E-state index in [-0.39, 0.29) is 23.4 Å². The number of pyridine rings is 1. The first-order valence-electron chi connectivity index (χ1n) is 9.13. The first kappa shape index (κ1) is 15.0. The van der Waals surface area contributed by atoms with Crippen molar-refractivity contribution in [3.05, 3.63) is 17.8 Å². The lowest BCUT2D eigenvalue weighted by Crippen LogP contribution is -2.39. The Morgan fingerprint density at radius 3 is 3.00 bits per heavy atom. The number of fused-ring (bicyclic) bond motifs is 1. The standard InChI is InChI=1S/C18H22N4O3/c23-15-2-1-6-22(15)13-3-7-21(10-13)17(24)12-8-14-16(19-9-12)20-18(4-5-18)11-25-14/h8-9,13H,1-7,10-11H2,(H,19,20)/t13-/m0/s1. The van der Waals surface area contributed by atoms with Gasteiger partial charge in [0.1, 0.15) is 6.61 Å². The molecule has 1 N–H and O–H groups in total. The molecule has 0 unspecified atom stereocenters. The highest BCUT2D eigenvalue weighted by molar-refractivity contribution is 5.95. The zero-order chi connectivity index (χ0) is 17.0. The molecule has 3 aliphatic heterocycles. The minimum atomic E-state index is -0.0280. The van der Waals surface area contributed by atoms with Gasteiger partial charge in [-0.3, -0.25) is 9.59 Å². The van der Waals surface area contributed by atoms with Crippen LogP contribution in [0.15, 0.2) is 12.3 Å². The summed E-state index contributed by atoms with van der Waals surface area (Å²) < 4.78 is 5.82. The lowest BCUT2D eigenvalue weighted by atomic mass is 10.2. The summed E-state index contributed by atoms with van der Waals surface area (Å²) in [4.78, 5) is 32.9. The van der Waals surface area contributed by atoms with Crippen LogP contribution in [0.25, 0.3) is 0 Å². The minimum Gasteiger partial charge on any atom is -0.487 e. The van der Waals surface area contributed by atoms with Gasteiger partial charge in [-0.2, -0.15) is 0 Å². The molecule has 0 bridgehead atoms. The molecule has 4 aliphatic rings. The molecule has 2 amide bonds. The van der Waals surface area contributed by atoms with Crippen LogP contribution < -0.4 is 10.1 Å². The number of carbonyl (C=O) groups excluding carboxylic acids is 2. The number of rotatable bonds is 2. The second kappa shape index (κ2) is 5.34. The highest BCUT2D eigenvalue weighted by atomic mass is 16.5. The Bertz CT molecular complexity index is 746. The third-order valence-corrected chi connectivity index (χ3v) is 5.84. The average molecular weight is 342 g/mol. The Morgan fingerprint density at radius 2 is 2.24 bits per heavy atom. The van der Waals surface area contributed by atoms with Gasteiger partial charge in [-0.05, 0) is 31.7 Å². The van der Waals surface area contributed by atoms with E-state index in [4.69, 9.17) is 4.74 Å². The number of nitrogens with zero attached hydrogens (tertiary/aromatic N) is 3. The predicted molar refractivity (Wildman–Crippen MR) is 90.6 cm³/mol. The van der Waals surface area contributed by atoms with Crippen LogP contribution >= 0.6 is 0 Å². The number of hydrogen-bond acceptors (Lipinski definition) is 5. The second-order valence-corrected chi connectivity index (χ2v) is 7.65. The van der Waals surface area contributed by atoms with Crippen molar-refractivity contribution in [2.24, 2.45) is 0 Å². The zero-order valence-electron chi connectivity index (χ0n) is 14.2. The van der Waals surface area contributed by atoms with Crippen molar-refractivity contribution in [1.29, 1.82) is 0 Å². The van der Waals surface area contributed by atoms with Crippen molar-refractivity contribution in [2.75, 3.05) is 31.6 Å². The van der Waals surface area contributed by atoms with Crippen LogP contribution in [0.2, 0.25) is 0 Å². The van der Waals surface area contributed by atoms with Gasteiger partial charge in [0, 0.05) is 32.3 Å². The highest BCUT2D eigenvalue weighted by Gasteiger charge is 2.47. The van der Waals surface area contributed by atoms with Crippen LogP contribution in [0.4, 0.5) is 5.82 Å². The molecule has 3 fully saturated rings. The van der Waals surface area contributed by atoms with E-state index < -0.39 is 0 Å². The molecule has 25 heavy (non-hydrogen) atoms. The normalized spacial score (nSPS) is 26.4. The molecule has 2 saturated heterocycles. The van der Waals surface area contributed by atoms with Gasteiger partial charge in [-0.15, -0.1) is 0 Å². The van der Waals surface area contributed by atoms with Gasteiger partial charge in [-0.25, -0.2) is 4.98 Å². The maximum absolute atomic E-state index is 12.8. The summed E-state index contributed by atoms with van der Waals surface area (Å²) in [6.07, 6.45) is 6.29. The summed E-state index contributed by atoms with van der Waals surface area (Å²) >= 11 is 0. The highest BCUT2D eigenvalue weighted by Crippen LogP contribution is 2.44. The smallest absolute Gasteiger partial charge is 0.255 e. The topological polar surface area (TPSA) is 74.8 Å². The minimum absolute atomic E-state index is 0.0280. The number of ether oxygens (including phenoxy) is 1. The number of likely N-dealkylation sites (tertiary alicyclic amines) is 2. The molecule has 1 saturated carbocycles. The molecule has 0 radical (unpaired) electrons. The van der Waals surface area contributed by atoms with Crippen molar-refractivity contribution >= 4 is 17.6 Å². The summed E-state index contributed by atoms with van der Waals surface area (Å²) in [6.45, 7) is 2.77. The maximum atomic E-state index is 12.8. The largest absolute Gasteiger partial charge is 0.487 e. The predicted octanol–water partition coefficient (Wildman–Crippen LogP) is 1.26. The molecule has 1 aliphatic carbocycles. The van der Waals surface area contributed by atoms with Crippen molar-refractivity contribution in [3.63, 3.8) is 0 Å². The Labute approximate surface area is 146 Å². The van der Waals surface area contributed by atoms with Crippen LogP contribution in [-0.4, -0.2) is 64.4 Å². The maximum Gasteiger partial charge on any atom is 0.255 e. The first-order valence-corrected chi connectivity index (χ1v) is 9.13. The number of amides is 2. The molecule has 5 rings (SSSR count). The van der Waals surface area contributed by atoms with E-state index in [0.717, 1.165) is 38.0 Å². The lowest BCUT2D eigenvalue weighted by Gasteiger charge is -2.27. The summed E-state index contributed by atoms with van der Waals surface area (Å²) in [6, 6.07) is 1.96. The van der Waals surface area contributed by atoms with Gasteiger partial charge in [0.2, 0.25) is 5.91 Å².